The molecule has 0 atom stereocenters. The van der Waals surface area contributed by atoms with Crippen molar-refractivity contribution in [2.45, 2.75) is 52.4 Å². The van der Waals surface area contributed by atoms with E-state index < -0.39 is 0 Å². The van der Waals surface area contributed by atoms with Crippen molar-refractivity contribution in [2.75, 3.05) is 0 Å². The Balaban J connectivity index is 1.44. The van der Waals surface area contributed by atoms with Crippen LogP contribution in [0.4, 0.5) is 11.4 Å². The molecule has 0 N–H and O–H groups in total. The Morgan fingerprint density at radius 2 is 0.975 bits per heavy atom. The first-order chi connectivity index (χ1) is 19.6. The molecule has 4 heteroatoms. The van der Waals surface area contributed by atoms with Crippen LogP contribution in [0.3, 0.4) is 0 Å². The maximum Gasteiger partial charge on any atom is 0.198 e. The minimum Gasteiger partial charge on any atom is -0.289 e. The standard InChI is InChI=1S/C36H34N2O2/c1-3-5-9-25-15-19-27(20-16-25)23-37-31-13-7-11-29-33(31)36(40)34-30(35(29)39)12-8-14-32(34)38-24-28-21-17-26(18-22-28)10-6-4-2/h7-8,11-24H,3-6,9-10H2,1-2H3. The van der Waals surface area contributed by atoms with Crippen LogP contribution in [0.25, 0.3) is 0 Å². The van der Waals surface area contributed by atoms with Crippen LogP contribution in [0.15, 0.2) is 94.9 Å². The average molecular weight is 527 g/mol. The van der Waals surface area contributed by atoms with Crippen molar-refractivity contribution in [3.63, 3.8) is 0 Å². The zero-order valence-corrected chi connectivity index (χ0v) is 23.2. The molecule has 0 saturated heterocycles. The van der Waals surface area contributed by atoms with Crippen molar-refractivity contribution in [1.82, 2.24) is 0 Å². The zero-order chi connectivity index (χ0) is 27.9. The van der Waals surface area contributed by atoms with Gasteiger partial charge in [-0.2, -0.15) is 0 Å². The second-order valence-corrected chi connectivity index (χ2v) is 10.3. The number of rotatable bonds is 10. The molecule has 0 bridgehead atoms. The number of aryl methyl sites for hydroxylation is 2. The van der Waals surface area contributed by atoms with Gasteiger partial charge in [0.1, 0.15) is 0 Å². The first-order valence-electron chi connectivity index (χ1n) is 14.2. The van der Waals surface area contributed by atoms with Gasteiger partial charge in [0.25, 0.3) is 0 Å². The molecule has 0 spiro atoms. The van der Waals surface area contributed by atoms with Crippen LogP contribution in [-0.4, -0.2) is 24.0 Å². The molecule has 1 aliphatic rings. The van der Waals surface area contributed by atoms with Gasteiger partial charge in [0.05, 0.1) is 22.5 Å². The fourth-order valence-corrected chi connectivity index (χ4v) is 5.01. The topological polar surface area (TPSA) is 58.9 Å². The normalized spacial score (nSPS) is 12.8. The van der Waals surface area contributed by atoms with Crippen LogP contribution >= 0.6 is 0 Å². The third-order valence-electron chi connectivity index (χ3n) is 7.33. The molecular formula is C36H34N2O2. The molecule has 0 heterocycles. The number of hydrogen-bond donors (Lipinski definition) is 0. The highest BCUT2D eigenvalue weighted by atomic mass is 16.1. The van der Waals surface area contributed by atoms with Crippen molar-refractivity contribution in [1.29, 1.82) is 0 Å². The lowest BCUT2D eigenvalue weighted by Gasteiger charge is -2.20. The largest absolute Gasteiger partial charge is 0.289 e. The summed E-state index contributed by atoms with van der Waals surface area (Å²) in [5.74, 6) is -0.408. The van der Waals surface area contributed by atoms with Crippen molar-refractivity contribution in [2.24, 2.45) is 9.98 Å². The molecule has 1 aliphatic carbocycles. The fraction of sp³-hybridized carbons (Fsp3) is 0.222. The summed E-state index contributed by atoms with van der Waals surface area (Å²) in [7, 11) is 0. The predicted octanol–water partition coefficient (Wildman–Crippen LogP) is 8.65. The minimum absolute atomic E-state index is 0.181. The summed E-state index contributed by atoms with van der Waals surface area (Å²) in [5.41, 5.74) is 6.88. The molecule has 0 aromatic heterocycles. The van der Waals surface area contributed by atoms with Crippen molar-refractivity contribution < 1.29 is 9.59 Å². The number of nitrogens with zero attached hydrogens (tertiary/aromatic N) is 2. The first-order valence-corrected chi connectivity index (χ1v) is 14.2. The zero-order valence-electron chi connectivity index (χ0n) is 23.2. The van der Waals surface area contributed by atoms with Gasteiger partial charge in [-0.15, -0.1) is 0 Å². The van der Waals surface area contributed by atoms with Crippen molar-refractivity contribution >= 4 is 35.4 Å². The third-order valence-corrected chi connectivity index (χ3v) is 7.33. The molecule has 0 amide bonds. The van der Waals surface area contributed by atoms with E-state index in [1.807, 2.05) is 24.3 Å². The molecule has 4 aromatic carbocycles. The van der Waals surface area contributed by atoms with E-state index in [0.717, 1.165) is 36.8 Å². The Morgan fingerprint density at radius 1 is 0.550 bits per heavy atom. The molecule has 0 radical (unpaired) electrons. The summed E-state index contributed by atoms with van der Waals surface area (Å²) >= 11 is 0. The summed E-state index contributed by atoms with van der Waals surface area (Å²) in [6.45, 7) is 4.38. The summed E-state index contributed by atoms with van der Waals surface area (Å²) in [6.07, 6.45) is 10.3. The molecule has 4 nitrogen and oxygen atoms in total. The molecule has 4 aromatic rings. The smallest absolute Gasteiger partial charge is 0.198 e. The lowest BCUT2D eigenvalue weighted by atomic mass is 9.82. The Bertz CT molecular complexity index is 1460. The van der Waals surface area contributed by atoms with Gasteiger partial charge in [-0.3, -0.25) is 19.6 Å². The number of ketones is 2. The SMILES string of the molecule is CCCCc1ccc(C=Nc2cccc3c2C(=O)c2c(N=Cc4ccc(CCCC)cc4)cccc2C3=O)cc1. The van der Waals surface area contributed by atoms with Crippen LogP contribution < -0.4 is 0 Å². The first kappa shape index (κ1) is 27.1. The van der Waals surface area contributed by atoms with E-state index >= 15 is 0 Å². The number of carbonyl (C=O) groups is 2. The second-order valence-electron chi connectivity index (χ2n) is 10.3. The van der Waals surface area contributed by atoms with E-state index in [9.17, 15) is 9.59 Å². The number of aliphatic imine (C=N–C) groups is 2. The summed E-state index contributed by atoms with van der Waals surface area (Å²) < 4.78 is 0. The molecule has 0 unspecified atom stereocenters. The number of unbranched alkanes of at least 4 members (excludes halogenated alkanes) is 2. The van der Waals surface area contributed by atoms with Gasteiger partial charge in [-0.05, 0) is 60.1 Å². The lowest BCUT2D eigenvalue weighted by molar-refractivity contribution is 0.0980. The number of hydrogen-bond acceptors (Lipinski definition) is 4. The van der Waals surface area contributed by atoms with Crippen LogP contribution in [0, 0.1) is 0 Å². The molecule has 5 rings (SSSR count). The summed E-state index contributed by atoms with van der Waals surface area (Å²) in [6, 6.07) is 27.2. The molecule has 0 fully saturated rings. The highest BCUT2D eigenvalue weighted by molar-refractivity contribution is 6.31. The van der Waals surface area contributed by atoms with Crippen LogP contribution in [0.1, 0.15) is 93.6 Å². The monoisotopic (exact) mass is 526 g/mol. The maximum atomic E-state index is 13.9. The number of fused-ring (bicyclic) bond motifs is 2. The van der Waals surface area contributed by atoms with Crippen molar-refractivity contribution in [3.05, 3.63) is 129 Å². The number of carbonyl (C=O) groups excluding carboxylic acids is 2. The molecule has 0 saturated carbocycles. The molecule has 200 valence electrons. The fourth-order valence-electron chi connectivity index (χ4n) is 5.01. The van der Waals surface area contributed by atoms with Crippen LogP contribution in [0.5, 0.6) is 0 Å². The highest BCUT2D eigenvalue weighted by Gasteiger charge is 2.33. The lowest BCUT2D eigenvalue weighted by Crippen LogP contribution is -2.21. The van der Waals surface area contributed by atoms with Gasteiger partial charge >= 0.3 is 0 Å². The van der Waals surface area contributed by atoms with E-state index in [0.29, 0.717) is 33.6 Å². The van der Waals surface area contributed by atoms with Crippen LogP contribution in [-0.2, 0) is 12.8 Å². The van der Waals surface area contributed by atoms with Gasteiger partial charge in [0, 0.05) is 23.6 Å². The van der Waals surface area contributed by atoms with E-state index in [1.54, 1.807) is 48.8 Å². The van der Waals surface area contributed by atoms with Crippen LogP contribution in [0.2, 0.25) is 0 Å². The Kier molecular flexibility index (Phi) is 8.56. The Labute approximate surface area is 236 Å². The average Bonchev–Trinajstić information content (AvgIpc) is 3.00. The van der Waals surface area contributed by atoms with Gasteiger partial charge in [0.2, 0.25) is 0 Å². The summed E-state index contributed by atoms with van der Waals surface area (Å²) in [5, 5.41) is 0. The molecular weight excluding hydrogens is 492 g/mol. The minimum atomic E-state index is -0.227. The van der Waals surface area contributed by atoms with Gasteiger partial charge < -0.3 is 0 Å². The second kappa shape index (κ2) is 12.6. The third kappa shape index (κ3) is 5.91. The predicted molar refractivity (Wildman–Crippen MR) is 164 cm³/mol. The van der Waals surface area contributed by atoms with Gasteiger partial charge in [0.15, 0.2) is 11.6 Å². The van der Waals surface area contributed by atoms with E-state index in [1.165, 1.54) is 24.0 Å². The highest BCUT2D eigenvalue weighted by Crippen LogP contribution is 2.37. The van der Waals surface area contributed by atoms with E-state index in [2.05, 4.69) is 48.1 Å². The van der Waals surface area contributed by atoms with E-state index in [-0.39, 0.29) is 11.6 Å². The summed E-state index contributed by atoms with van der Waals surface area (Å²) in [4.78, 5) is 36.7. The van der Waals surface area contributed by atoms with Crippen molar-refractivity contribution in [3.8, 4) is 0 Å². The molecule has 0 aliphatic heterocycles. The maximum absolute atomic E-state index is 13.9. The molecule has 40 heavy (non-hydrogen) atoms. The van der Waals surface area contributed by atoms with Gasteiger partial charge in [-0.1, -0.05) is 99.5 Å². The van der Waals surface area contributed by atoms with E-state index in [4.69, 9.17) is 0 Å². The number of benzene rings is 4. The quantitative estimate of drug-likeness (QED) is 0.171. The Morgan fingerprint density at radius 3 is 1.38 bits per heavy atom. The van der Waals surface area contributed by atoms with Gasteiger partial charge in [-0.25, -0.2) is 0 Å². The Hall–Kier alpha value is -4.44.